The van der Waals surface area contributed by atoms with Crippen LogP contribution in [0.1, 0.15) is 5.56 Å². The van der Waals surface area contributed by atoms with E-state index in [-0.39, 0.29) is 21.5 Å². The zero-order valence-electron chi connectivity index (χ0n) is 10.1. The van der Waals surface area contributed by atoms with Crippen molar-refractivity contribution in [3.63, 3.8) is 0 Å². The summed E-state index contributed by atoms with van der Waals surface area (Å²) in [4.78, 5) is 0.0483. The quantitative estimate of drug-likeness (QED) is 0.843. The normalized spacial score (nSPS) is 11.6. The number of hydrogen-bond acceptors (Lipinski definition) is 2. The molecular formula is C13H10BrCl2NO2S. The van der Waals surface area contributed by atoms with Gasteiger partial charge in [-0.1, -0.05) is 51.3 Å². The summed E-state index contributed by atoms with van der Waals surface area (Å²) in [7, 11) is -3.64. The Labute approximate surface area is 136 Å². The van der Waals surface area contributed by atoms with Gasteiger partial charge < -0.3 is 0 Å². The molecule has 20 heavy (non-hydrogen) atoms. The van der Waals surface area contributed by atoms with Gasteiger partial charge in [0.25, 0.3) is 0 Å². The van der Waals surface area contributed by atoms with Gasteiger partial charge in [-0.2, -0.15) is 0 Å². The topological polar surface area (TPSA) is 46.2 Å². The Balaban J connectivity index is 2.16. The van der Waals surface area contributed by atoms with Gasteiger partial charge in [-0.25, -0.2) is 13.1 Å². The highest BCUT2D eigenvalue weighted by molar-refractivity contribution is 9.10. The van der Waals surface area contributed by atoms with Crippen molar-refractivity contribution in [1.29, 1.82) is 0 Å². The predicted molar refractivity (Wildman–Crippen MR) is 84.6 cm³/mol. The van der Waals surface area contributed by atoms with E-state index in [0.717, 1.165) is 10.0 Å². The van der Waals surface area contributed by atoms with Gasteiger partial charge in [-0.15, -0.1) is 0 Å². The Morgan fingerprint density at radius 1 is 1.00 bits per heavy atom. The summed E-state index contributed by atoms with van der Waals surface area (Å²) in [6, 6.07) is 11.6. The van der Waals surface area contributed by atoms with E-state index in [1.54, 1.807) is 0 Å². The Hall–Kier alpha value is -0.590. The van der Waals surface area contributed by atoms with Crippen LogP contribution in [0.2, 0.25) is 10.0 Å². The summed E-state index contributed by atoms with van der Waals surface area (Å²) in [5.41, 5.74) is 0.852. The monoisotopic (exact) mass is 393 g/mol. The van der Waals surface area contributed by atoms with Crippen LogP contribution in [-0.4, -0.2) is 8.42 Å². The van der Waals surface area contributed by atoms with Crippen LogP contribution >= 0.6 is 39.1 Å². The summed E-state index contributed by atoms with van der Waals surface area (Å²) in [6.45, 7) is 0.194. The summed E-state index contributed by atoms with van der Waals surface area (Å²) >= 11 is 14.9. The van der Waals surface area contributed by atoms with Crippen molar-refractivity contribution in [2.75, 3.05) is 0 Å². The fourth-order valence-corrected chi connectivity index (χ4v) is 3.55. The largest absolute Gasteiger partial charge is 0.240 e. The van der Waals surface area contributed by atoms with Gasteiger partial charge in [0, 0.05) is 21.1 Å². The van der Waals surface area contributed by atoms with Crippen molar-refractivity contribution in [3.8, 4) is 0 Å². The molecule has 0 saturated carbocycles. The number of nitrogens with one attached hydrogen (secondary N) is 1. The van der Waals surface area contributed by atoms with Crippen LogP contribution in [0, 0.1) is 0 Å². The van der Waals surface area contributed by atoms with Gasteiger partial charge in [-0.3, -0.25) is 0 Å². The summed E-state index contributed by atoms with van der Waals surface area (Å²) in [5.74, 6) is 0. The molecule has 0 heterocycles. The molecule has 7 heteroatoms. The molecule has 0 bridgehead atoms. The van der Waals surface area contributed by atoms with Crippen molar-refractivity contribution in [1.82, 2.24) is 4.72 Å². The highest BCUT2D eigenvalue weighted by Crippen LogP contribution is 2.22. The lowest BCUT2D eigenvalue weighted by atomic mass is 10.2. The predicted octanol–water partition coefficient (Wildman–Crippen LogP) is 4.23. The Bertz CT molecular complexity index is 697. The lowest BCUT2D eigenvalue weighted by Gasteiger charge is -2.08. The third-order valence-corrected chi connectivity index (χ3v) is 4.87. The maximum absolute atomic E-state index is 12.1. The molecule has 0 aliphatic carbocycles. The molecule has 106 valence electrons. The van der Waals surface area contributed by atoms with E-state index in [9.17, 15) is 8.42 Å². The average molecular weight is 395 g/mol. The third kappa shape index (κ3) is 4.20. The molecule has 0 spiro atoms. The standard InChI is InChI=1S/C13H10BrCl2NO2S/c14-10-3-1-9(2-4-10)8-17-20(18,19)13-6-11(15)5-12(16)7-13/h1-7,17H,8H2. The summed E-state index contributed by atoms with van der Waals surface area (Å²) < 4.78 is 27.7. The second-order valence-electron chi connectivity index (χ2n) is 4.06. The lowest BCUT2D eigenvalue weighted by molar-refractivity contribution is 0.581. The van der Waals surface area contributed by atoms with Gasteiger partial charge in [0.05, 0.1) is 4.90 Å². The van der Waals surface area contributed by atoms with Crippen LogP contribution in [0.5, 0.6) is 0 Å². The fraction of sp³-hybridized carbons (Fsp3) is 0.0769. The van der Waals surface area contributed by atoms with Crippen LogP contribution < -0.4 is 4.72 Å². The molecular weight excluding hydrogens is 385 g/mol. The van der Waals surface area contributed by atoms with Crippen LogP contribution in [0.25, 0.3) is 0 Å². The molecule has 0 amide bonds. The summed E-state index contributed by atoms with van der Waals surface area (Å²) in [6.07, 6.45) is 0. The fourth-order valence-electron chi connectivity index (χ4n) is 1.55. The van der Waals surface area contributed by atoms with Crippen molar-refractivity contribution in [2.24, 2.45) is 0 Å². The van der Waals surface area contributed by atoms with E-state index >= 15 is 0 Å². The molecule has 0 atom stereocenters. The molecule has 2 rings (SSSR count). The van der Waals surface area contributed by atoms with E-state index in [2.05, 4.69) is 20.7 Å². The van der Waals surface area contributed by atoms with Crippen LogP contribution in [0.15, 0.2) is 51.8 Å². The lowest BCUT2D eigenvalue weighted by Crippen LogP contribution is -2.23. The van der Waals surface area contributed by atoms with Gasteiger partial charge in [0.1, 0.15) is 0 Å². The van der Waals surface area contributed by atoms with Crippen molar-refractivity contribution >= 4 is 49.2 Å². The molecule has 0 radical (unpaired) electrons. The van der Waals surface area contributed by atoms with Crippen molar-refractivity contribution in [2.45, 2.75) is 11.4 Å². The van der Waals surface area contributed by atoms with Crippen LogP contribution in [-0.2, 0) is 16.6 Å². The minimum atomic E-state index is -3.64. The minimum absolute atomic E-state index is 0.0483. The van der Waals surface area contributed by atoms with Gasteiger partial charge in [0.15, 0.2) is 0 Å². The Morgan fingerprint density at radius 3 is 2.10 bits per heavy atom. The highest BCUT2D eigenvalue weighted by Gasteiger charge is 2.15. The second-order valence-corrected chi connectivity index (χ2v) is 7.61. The van der Waals surface area contributed by atoms with Crippen LogP contribution in [0.3, 0.4) is 0 Å². The van der Waals surface area contributed by atoms with E-state index in [1.165, 1.54) is 18.2 Å². The molecule has 2 aromatic rings. The molecule has 0 aromatic heterocycles. The maximum Gasteiger partial charge on any atom is 0.240 e. The van der Waals surface area contributed by atoms with Crippen molar-refractivity contribution < 1.29 is 8.42 Å². The smallest absolute Gasteiger partial charge is 0.207 e. The Kier molecular flexibility index (Phi) is 5.09. The molecule has 0 saturated heterocycles. The van der Waals surface area contributed by atoms with E-state index in [4.69, 9.17) is 23.2 Å². The first-order valence-electron chi connectivity index (χ1n) is 5.57. The average Bonchev–Trinajstić information content (AvgIpc) is 2.37. The van der Waals surface area contributed by atoms with Gasteiger partial charge in [-0.05, 0) is 35.9 Å². The molecule has 3 nitrogen and oxygen atoms in total. The van der Waals surface area contributed by atoms with E-state index in [1.807, 2.05) is 24.3 Å². The number of rotatable bonds is 4. The molecule has 0 fully saturated rings. The molecule has 0 unspecified atom stereocenters. The van der Waals surface area contributed by atoms with E-state index in [0.29, 0.717) is 0 Å². The van der Waals surface area contributed by atoms with Gasteiger partial charge in [0.2, 0.25) is 10.0 Å². The van der Waals surface area contributed by atoms with E-state index < -0.39 is 10.0 Å². The first kappa shape index (κ1) is 15.8. The number of benzene rings is 2. The second kappa shape index (κ2) is 6.45. The number of halogens is 3. The zero-order valence-corrected chi connectivity index (χ0v) is 14.0. The first-order valence-corrected chi connectivity index (χ1v) is 8.60. The highest BCUT2D eigenvalue weighted by atomic mass is 79.9. The number of sulfonamides is 1. The SMILES string of the molecule is O=S(=O)(NCc1ccc(Br)cc1)c1cc(Cl)cc(Cl)c1. The molecule has 2 aromatic carbocycles. The molecule has 0 aliphatic rings. The summed E-state index contributed by atoms with van der Waals surface area (Å²) in [5, 5.41) is 0.558. The van der Waals surface area contributed by atoms with Gasteiger partial charge >= 0.3 is 0 Å². The third-order valence-electron chi connectivity index (χ3n) is 2.53. The maximum atomic E-state index is 12.1. The molecule has 1 N–H and O–H groups in total. The van der Waals surface area contributed by atoms with Crippen LogP contribution in [0.4, 0.5) is 0 Å². The molecule has 0 aliphatic heterocycles. The number of hydrogen-bond donors (Lipinski definition) is 1. The minimum Gasteiger partial charge on any atom is -0.207 e. The van der Waals surface area contributed by atoms with Crippen molar-refractivity contribution in [3.05, 3.63) is 62.5 Å². The Morgan fingerprint density at radius 2 is 1.55 bits per heavy atom. The first-order chi connectivity index (χ1) is 9.37. The zero-order chi connectivity index (χ0) is 14.8.